The van der Waals surface area contributed by atoms with Crippen LogP contribution in [0.2, 0.25) is 0 Å². The van der Waals surface area contributed by atoms with Crippen molar-refractivity contribution in [3.05, 3.63) is 54.3 Å². The predicted molar refractivity (Wildman–Crippen MR) is 114 cm³/mol. The van der Waals surface area contributed by atoms with Crippen LogP contribution in [0.5, 0.6) is 0 Å². The van der Waals surface area contributed by atoms with E-state index in [2.05, 4.69) is 11.8 Å². The van der Waals surface area contributed by atoms with Gasteiger partial charge in [-0.3, -0.25) is 0 Å². The molecule has 0 bridgehead atoms. The lowest BCUT2D eigenvalue weighted by atomic mass is 9.95. The first-order chi connectivity index (χ1) is 13.9. The summed E-state index contributed by atoms with van der Waals surface area (Å²) in [7, 11) is -3.52. The van der Waals surface area contributed by atoms with Crippen LogP contribution in [0.4, 0.5) is 4.39 Å². The summed E-state index contributed by atoms with van der Waals surface area (Å²) >= 11 is 0. The second-order valence-electron chi connectivity index (χ2n) is 8.39. The maximum Gasteiger partial charge on any atom is 0.243 e. The molecule has 2 aliphatic heterocycles. The van der Waals surface area contributed by atoms with Crippen LogP contribution in [-0.4, -0.2) is 49.8 Å². The van der Waals surface area contributed by atoms with Gasteiger partial charge < -0.3 is 4.90 Å². The highest BCUT2D eigenvalue weighted by Crippen LogP contribution is 2.28. The highest BCUT2D eigenvalue weighted by atomic mass is 32.2. The molecular formula is C23H29FN2O2S. The quantitative estimate of drug-likeness (QED) is 0.743. The van der Waals surface area contributed by atoms with E-state index in [1.54, 1.807) is 34.6 Å². The van der Waals surface area contributed by atoms with Gasteiger partial charge in [-0.25, -0.2) is 12.8 Å². The van der Waals surface area contributed by atoms with Crippen LogP contribution in [0.1, 0.15) is 32.6 Å². The maximum absolute atomic E-state index is 13.2. The normalized spacial score (nSPS) is 20.8. The number of sulfonamides is 1. The Balaban J connectivity index is 1.45. The van der Waals surface area contributed by atoms with Crippen molar-refractivity contribution in [3.63, 3.8) is 0 Å². The number of hydrogen-bond acceptors (Lipinski definition) is 3. The number of likely N-dealkylation sites (tertiary alicyclic amines) is 1. The highest BCUT2D eigenvalue weighted by Gasteiger charge is 2.32. The number of nitrogens with zero attached hydrogens (tertiary/aromatic N) is 2. The Hall–Kier alpha value is -1.76. The summed E-state index contributed by atoms with van der Waals surface area (Å²) in [6, 6.07) is 13.6. The summed E-state index contributed by atoms with van der Waals surface area (Å²) in [5, 5.41) is 0. The average Bonchev–Trinajstić information content (AvgIpc) is 2.75. The van der Waals surface area contributed by atoms with Gasteiger partial charge in [-0.05, 0) is 80.1 Å². The summed E-state index contributed by atoms with van der Waals surface area (Å²) in [4.78, 5) is 2.86. The largest absolute Gasteiger partial charge is 0.300 e. The minimum Gasteiger partial charge on any atom is -0.300 e. The SMILES string of the molecule is CC1CCN(C2CCN(S(=O)(=O)c3cccc(-c4ccc(F)cc4)c3)CC2)CC1. The second-order valence-corrected chi connectivity index (χ2v) is 10.3. The summed E-state index contributed by atoms with van der Waals surface area (Å²) < 4.78 is 41.2. The third-order valence-corrected chi connectivity index (χ3v) is 8.30. The van der Waals surface area contributed by atoms with E-state index in [4.69, 9.17) is 0 Å². The van der Waals surface area contributed by atoms with Gasteiger partial charge in [-0.2, -0.15) is 4.31 Å². The van der Waals surface area contributed by atoms with Gasteiger partial charge in [0.2, 0.25) is 10.0 Å². The molecule has 0 aromatic heterocycles. The first-order valence-electron chi connectivity index (χ1n) is 10.5. The number of hydrogen-bond donors (Lipinski definition) is 0. The fourth-order valence-corrected chi connectivity index (χ4v) is 5.99. The Kier molecular flexibility index (Phi) is 6.04. The maximum atomic E-state index is 13.2. The molecule has 156 valence electrons. The molecule has 2 aromatic carbocycles. The Labute approximate surface area is 173 Å². The number of piperidine rings is 2. The van der Waals surface area contributed by atoms with E-state index in [0.29, 0.717) is 24.0 Å². The Morgan fingerprint density at radius 2 is 1.52 bits per heavy atom. The summed E-state index contributed by atoms with van der Waals surface area (Å²) in [6.45, 7) is 5.73. The molecule has 4 nitrogen and oxygen atoms in total. The lowest BCUT2D eigenvalue weighted by Gasteiger charge is -2.41. The van der Waals surface area contributed by atoms with E-state index >= 15 is 0 Å². The first-order valence-corrected chi connectivity index (χ1v) is 12.0. The Morgan fingerprint density at radius 1 is 0.862 bits per heavy atom. The summed E-state index contributed by atoms with van der Waals surface area (Å²) in [5.41, 5.74) is 1.59. The van der Waals surface area contributed by atoms with Gasteiger partial charge >= 0.3 is 0 Å². The van der Waals surface area contributed by atoms with Gasteiger partial charge in [0, 0.05) is 19.1 Å². The van der Waals surface area contributed by atoms with E-state index in [1.807, 2.05) is 6.07 Å². The number of benzene rings is 2. The third kappa shape index (κ3) is 4.55. The smallest absolute Gasteiger partial charge is 0.243 e. The average molecular weight is 417 g/mol. The van der Waals surface area contributed by atoms with Gasteiger partial charge in [0.25, 0.3) is 0 Å². The monoisotopic (exact) mass is 416 g/mol. The van der Waals surface area contributed by atoms with Crippen LogP contribution < -0.4 is 0 Å². The van der Waals surface area contributed by atoms with Crippen molar-refractivity contribution in [2.24, 2.45) is 5.92 Å². The molecule has 2 fully saturated rings. The number of halogens is 1. The van der Waals surface area contributed by atoms with Gasteiger partial charge in [0.15, 0.2) is 0 Å². The highest BCUT2D eigenvalue weighted by molar-refractivity contribution is 7.89. The molecule has 29 heavy (non-hydrogen) atoms. The van der Waals surface area contributed by atoms with Gasteiger partial charge in [0.1, 0.15) is 5.82 Å². The van der Waals surface area contributed by atoms with Gasteiger partial charge in [-0.15, -0.1) is 0 Å². The molecule has 4 rings (SSSR count). The van der Waals surface area contributed by atoms with Crippen LogP contribution >= 0.6 is 0 Å². The molecule has 0 spiro atoms. The van der Waals surface area contributed by atoms with Crippen LogP contribution in [0.25, 0.3) is 11.1 Å². The van der Waals surface area contributed by atoms with E-state index in [-0.39, 0.29) is 5.82 Å². The van der Waals surface area contributed by atoms with Crippen molar-refractivity contribution in [2.45, 2.75) is 43.5 Å². The van der Waals surface area contributed by atoms with Crippen molar-refractivity contribution >= 4 is 10.0 Å². The van der Waals surface area contributed by atoms with Crippen LogP contribution in [0.15, 0.2) is 53.4 Å². The molecule has 2 aliphatic rings. The third-order valence-electron chi connectivity index (χ3n) is 6.41. The molecular weight excluding hydrogens is 387 g/mol. The first kappa shape index (κ1) is 20.5. The van der Waals surface area contributed by atoms with Crippen molar-refractivity contribution in [1.82, 2.24) is 9.21 Å². The van der Waals surface area contributed by atoms with Crippen molar-refractivity contribution in [2.75, 3.05) is 26.2 Å². The van der Waals surface area contributed by atoms with E-state index < -0.39 is 10.0 Å². The predicted octanol–water partition coefficient (Wildman–Crippen LogP) is 4.38. The van der Waals surface area contributed by atoms with Crippen molar-refractivity contribution in [1.29, 1.82) is 0 Å². The molecule has 0 aliphatic carbocycles. The van der Waals surface area contributed by atoms with Crippen molar-refractivity contribution < 1.29 is 12.8 Å². The molecule has 6 heteroatoms. The molecule has 0 N–H and O–H groups in total. The topological polar surface area (TPSA) is 40.6 Å². The lowest BCUT2D eigenvalue weighted by Crippen LogP contribution is -2.48. The molecule has 2 heterocycles. The van der Waals surface area contributed by atoms with Crippen molar-refractivity contribution in [3.8, 4) is 11.1 Å². The van der Waals surface area contributed by atoms with Gasteiger partial charge in [-0.1, -0.05) is 31.2 Å². The molecule has 2 aromatic rings. The van der Waals surface area contributed by atoms with Gasteiger partial charge in [0.05, 0.1) is 4.90 Å². The van der Waals surface area contributed by atoms with Crippen LogP contribution in [0, 0.1) is 11.7 Å². The molecule has 0 amide bonds. The number of rotatable bonds is 4. The Bertz CT molecular complexity index is 930. The molecule has 0 radical (unpaired) electrons. The Morgan fingerprint density at radius 3 is 2.17 bits per heavy atom. The zero-order valence-electron chi connectivity index (χ0n) is 16.9. The zero-order chi connectivity index (χ0) is 20.4. The second kappa shape index (κ2) is 8.54. The minimum atomic E-state index is -3.52. The van der Waals surface area contributed by atoms with E-state index in [1.165, 1.54) is 25.0 Å². The lowest BCUT2D eigenvalue weighted by molar-refractivity contribution is 0.101. The van der Waals surface area contributed by atoms with Crippen LogP contribution in [-0.2, 0) is 10.0 Å². The van der Waals surface area contributed by atoms with E-state index in [0.717, 1.165) is 43.0 Å². The van der Waals surface area contributed by atoms with E-state index in [9.17, 15) is 12.8 Å². The fourth-order valence-electron chi connectivity index (χ4n) is 4.47. The fraction of sp³-hybridized carbons (Fsp3) is 0.478. The molecule has 0 unspecified atom stereocenters. The molecule has 0 saturated carbocycles. The summed E-state index contributed by atoms with van der Waals surface area (Å²) in [6.07, 6.45) is 4.28. The standard InChI is InChI=1S/C23H29FN2O2S/c1-18-9-13-25(14-10-18)22-11-15-26(16-12-22)29(27,28)23-4-2-3-20(17-23)19-5-7-21(24)8-6-19/h2-8,17-18,22H,9-16H2,1H3. The molecule has 2 saturated heterocycles. The van der Waals surface area contributed by atoms with Crippen LogP contribution in [0.3, 0.4) is 0 Å². The zero-order valence-corrected chi connectivity index (χ0v) is 17.7. The summed E-state index contributed by atoms with van der Waals surface area (Å²) in [5.74, 6) is 0.503. The molecule has 0 atom stereocenters. The minimum absolute atomic E-state index is 0.302.